The van der Waals surface area contributed by atoms with Crippen molar-refractivity contribution in [3.05, 3.63) is 29.3 Å². The molecule has 2 N–H and O–H groups in total. The van der Waals surface area contributed by atoms with Gasteiger partial charge in [-0.25, -0.2) is 5.48 Å². The molecule has 0 aromatic heterocycles. The van der Waals surface area contributed by atoms with E-state index in [1.165, 1.54) is 7.11 Å². The van der Waals surface area contributed by atoms with E-state index in [-0.39, 0.29) is 17.1 Å². The molecule has 0 bridgehead atoms. The largest absolute Gasteiger partial charge is 0.496 e. The normalized spacial score (nSPS) is 12.6. The van der Waals surface area contributed by atoms with Gasteiger partial charge >= 0.3 is 0 Å². The molecule has 0 aliphatic rings. The van der Waals surface area contributed by atoms with E-state index in [9.17, 15) is 9.59 Å². The number of Topliss-reactive ketones (excluding diaryl/α,β-unsaturated/α-hetero) is 1. The molecular weight excluding hydrogens is 282 g/mol. The average Bonchev–Trinajstić information content (AvgIpc) is 2.50. The molecule has 5 nitrogen and oxygen atoms in total. The fourth-order valence-electron chi connectivity index (χ4n) is 2.26. The fourth-order valence-corrected chi connectivity index (χ4v) is 2.26. The molecule has 0 saturated carbocycles. The second kappa shape index (κ2) is 7.40. The summed E-state index contributed by atoms with van der Waals surface area (Å²) in [5, 5.41) is 8.70. The van der Waals surface area contributed by atoms with E-state index < -0.39 is 5.91 Å². The van der Waals surface area contributed by atoms with Crippen LogP contribution < -0.4 is 10.2 Å². The highest BCUT2D eigenvalue weighted by atomic mass is 16.5. The van der Waals surface area contributed by atoms with Crippen molar-refractivity contribution in [2.45, 2.75) is 46.5 Å². The molecule has 0 saturated heterocycles. The van der Waals surface area contributed by atoms with Gasteiger partial charge < -0.3 is 4.74 Å². The van der Waals surface area contributed by atoms with Crippen molar-refractivity contribution in [2.24, 2.45) is 5.41 Å². The monoisotopic (exact) mass is 307 g/mol. The van der Waals surface area contributed by atoms with Crippen LogP contribution in [0.3, 0.4) is 0 Å². The minimum atomic E-state index is -0.594. The number of benzene rings is 1. The third-order valence-electron chi connectivity index (χ3n) is 3.80. The van der Waals surface area contributed by atoms with Crippen molar-refractivity contribution >= 4 is 11.7 Å². The number of carbonyl (C=O) groups excluding carboxylic acids is 2. The molecule has 0 aliphatic carbocycles. The summed E-state index contributed by atoms with van der Waals surface area (Å²) in [4.78, 5) is 23.8. The summed E-state index contributed by atoms with van der Waals surface area (Å²) in [6.07, 6.45) is 1.23. The van der Waals surface area contributed by atoms with Gasteiger partial charge in [0, 0.05) is 17.4 Å². The van der Waals surface area contributed by atoms with Crippen LogP contribution in [0.5, 0.6) is 5.75 Å². The van der Waals surface area contributed by atoms with E-state index in [2.05, 4.69) is 0 Å². The van der Waals surface area contributed by atoms with Crippen LogP contribution in [0, 0.1) is 5.41 Å². The van der Waals surface area contributed by atoms with Gasteiger partial charge in [-0.3, -0.25) is 14.8 Å². The molecule has 1 aromatic carbocycles. The van der Waals surface area contributed by atoms with E-state index in [0.29, 0.717) is 17.7 Å². The molecule has 0 fully saturated rings. The van der Waals surface area contributed by atoms with E-state index in [0.717, 1.165) is 12.0 Å². The minimum absolute atomic E-state index is 0.0351. The zero-order chi connectivity index (χ0) is 16.9. The molecule has 0 spiro atoms. The average molecular weight is 307 g/mol. The Labute approximate surface area is 131 Å². The number of hydrogen-bond acceptors (Lipinski definition) is 4. The Balaban J connectivity index is 3.11. The highest BCUT2D eigenvalue weighted by Gasteiger charge is 2.26. The molecule has 0 heterocycles. The molecule has 1 amide bonds. The summed E-state index contributed by atoms with van der Waals surface area (Å²) in [6, 6.07) is 4.98. The minimum Gasteiger partial charge on any atom is -0.496 e. The van der Waals surface area contributed by atoms with Gasteiger partial charge in [0.15, 0.2) is 0 Å². The summed E-state index contributed by atoms with van der Waals surface area (Å²) in [5.41, 5.74) is 2.43. The molecule has 22 heavy (non-hydrogen) atoms. The van der Waals surface area contributed by atoms with Gasteiger partial charge in [-0.2, -0.15) is 0 Å². The van der Waals surface area contributed by atoms with E-state index >= 15 is 0 Å². The molecule has 0 radical (unpaired) electrons. The van der Waals surface area contributed by atoms with Crippen molar-refractivity contribution in [1.82, 2.24) is 5.48 Å². The first-order valence-corrected chi connectivity index (χ1v) is 7.40. The number of amides is 1. The molecule has 0 aliphatic heterocycles. The van der Waals surface area contributed by atoms with Crippen molar-refractivity contribution in [2.75, 3.05) is 7.11 Å². The van der Waals surface area contributed by atoms with Crippen molar-refractivity contribution in [3.63, 3.8) is 0 Å². The van der Waals surface area contributed by atoms with Crippen LogP contribution in [-0.4, -0.2) is 24.0 Å². The third-order valence-corrected chi connectivity index (χ3v) is 3.80. The number of hydrogen-bond donors (Lipinski definition) is 2. The lowest BCUT2D eigenvalue weighted by molar-refractivity contribution is -0.126. The molecule has 0 unspecified atom stereocenters. The van der Waals surface area contributed by atoms with Crippen LogP contribution >= 0.6 is 0 Å². The van der Waals surface area contributed by atoms with Crippen molar-refractivity contribution in [1.29, 1.82) is 0 Å². The summed E-state index contributed by atoms with van der Waals surface area (Å²) in [7, 11) is 1.53. The lowest BCUT2D eigenvalue weighted by atomic mass is 9.81. The predicted octanol–water partition coefficient (Wildman–Crippen LogP) is 3.31. The lowest BCUT2D eigenvalue weighted by Gasteiger charge is -2.23. The molecule has 122 valence electrons. The van der Waals surface area contributed by atoms with Crippen LogP contribution in [-0.2, 0) is 4.79 Å². The number of ketones is 1. The number of ether oxygens (including phenoxy) is 1. The van der Waals surface area contributed by atoms with Gasteiger partial charge in [0.05, 0.1) is 7.11 Å². The maximum atomic E-state index is 12.3. The van der Waals surface area contributed by atoms with E-state index in [4.69, 9.17) is 9.94 Å². The van der Waals surface area contributed by atoms with Gasteiger partial charge in [0.1, 0.15) is 11.5 Å². The molecular formula is C17H25NO4. The van der Waals surface area contributed by atoms with Gasteiger partial charge in [0.25, 0.3) is 5.91 Å². The van der Waals surface area contributed by atoms with Crippen LogP contribution in [0.25, 0.3) is 0 Å². The van der Waals surface area contributed by atoms with Gasteiger partial charge in [0.2, 0.25) is 0 Å². The zero-order valence-electron chi connectivity index (χ0n) is 13.9. The Bertz CT molecular complexity index is 546. The number of methoxy groups -OCH3 is 1. The number of nitrogens with one attached hydrogen (secondary N) is 1. The highest BCUT2D eigenvalue weighted by Crippen LogP contribution is 2.34. The zero-order valence-corrected chi connectivity index (χ0v) is 13.9. The van der Waals surface area contributed by atoms with Crippen LogP contribution in [0.2, 0.25) is 0 Å². The second-order valence-corrected chi connectivity index (χ2v) is 6.38. The topological polar surface area (TPSA) is 75.6 Å². The molecule has 5 heteroatoms. The smallest absolute Gasteiger partial charge is 0.274 e. The van der Waals surface area contributed by atoms with Crippen LogP contribution in [0.4, 0.5) is 0 Å². The van der Waals surface area contributed by atoms with Crippen molar-refractivity contribution in [3.8, 4) is 5.75 Å². The maximum absolute atomic E-state index is 12.3. The van der Waals surface area contributed by atoms with Crippen LogP contribution in [0.15, 0.2) is 18.2 Å². The SMILES string of the molecule is CC[C@@H](CC(=O)C(C)(C)C)c1ccc(C(=O)NO)cc1OC. The lowest BCUT2D eigenvalue weighted by Crippen LogP contribution is -2.22. The molecule has 1 atom stereocenters. The Morgan fingerprint density at radius 2 is 1.95 bits per heavy atom. The summed E-state index contributed by atoms with van der Waals surface area (Å²) >= 11 is 0. The van der Waals surface area contributed by atoms with Gasteiger partial charge in [-0.15, -0.1) is 0 Å². The Morgan fingerprint density at radius 1 is 1.32 bits per heavy atom. The summed E-state index contributed by atoms with van der Waals surface area (Å²) < 4.78 is 5.36. The standard InChI is InChI=1S/C17H25NO4/c1-6-11(10-15(19)17(2,3)4)13-8-7-12(16(20)18-21)9-14(13)22-5/h7-9,11,21H,6,10H2,1-5H3,(H,18,20)/t11-/m0/s1. The summed E-state index contributed by atoms with van der Waals surface area (Å²) in [5.74, 6) is 0.185. The van der Waals surface area contributed by atoms with E-state index in [1.54, 1.807) is 23.7 Å². The number of rotatable bonds is 6. The fraction of sp³-hybridized carbons (Fsp3) is 0.529. The van der Waals surface area contributed by atoms with Gasteiger partial charge in [-0.1, -0.05) is 33.8 Å². The summed E-state index contributed by atoms with van der Waals surface area (Å²) in [6.45, 7) is 7.75. The first-order chi connectivity index (χ1) is 10.2. The van der Waals surface area contributed by atoms with Crippen LogP contribution in [0.1, 0.15) is 62.4 Å². The molecule has 1 aromatic rings. The highest BCUT2D eigenvalue weighted by molar-refractivity contribution is 5.94. The van der Waals surface area contributed by atoms with Gasteiger partial charge in [-0.05, 0) is 30.0 Å². The Hall–Kier alpha value is -1.88. The Kier molecular flexibility index (Phi) is 6.11. The predicted molar refractivity (Wildman–Crippen MR) is 84.4 cm³/mol. The third kappa shape index (κ3) is 4.31. The van der Waals surface area contributed by atoms with E-state index in [1.807, 2.05) is 27.7 Å². The number of hydroxylamine groups is 1. The molecule has 1 rings (SSSR count). The first-order valence-electron chi connectivity index (χ1n) is 7.40. The Morgan fingerprint density at radius 3 is 2.41 bits per heavy atom. The quantitative estimate of drug-likeness (QED) is 0.624. The number of carbonyl (C=O) groups is 2. The van der Waals surface area contributed by atoms with Crippen molar-refractivity contribution < 1.29 is 19.5 Å². The maximum Gasteiger partial charge on any atom is 0.274 e. The first kappa shape index (κ1) is 18.2. The second-order valence-electron chi connectivity index (χ2n) is 6.38.